The second-order valence-electron chi connectivity index (χ2n) is 5.31. The van der Waals surface area contributed by atoms with Crippen molar-refractivity contribution in [3.8, 4) is 0 Å². The molecule has 1 N–H and O–H groups in total. The average Bonchev–Trinajstić information content (AvgIpc) is 3.10. The fraction of sp³-hybridized carbons (Fsp3) is 0.200. The number of halogens is 3. The Kier molecular flexibility index (Phi) is 3.92. The third-order valence-corrected chi connectivity index (χ3v) is 4.73. The van der Waals surface area contributed by atoms with Crippen molar-refractivity contribution in [3.63, 3.8) is 0 Å². The number of fused-ring (bicyclic) bond motifs is 1. The lowest BCUT2D eigenvalue weighted by atomic mass is 10.1. The molecule has 0 fully saturated rings. The molecular weight excluding hydrogens is 345 g/mol. The number of benzene rings is 1. The van der Waals surface area contributed by atoms with Gasteiger partial charge >= 0.3 is 6.18 Å². The van der Waals surface area contributed by atoms with Crippen LogP contribution in [0.15, 0.2) is 58.3 Å². The van der Waals surface area contributed by atoms with E-state index < -0.39 is 27.3 Å². The summed E-state index contributed by atoms with van der Waals surface area (Å²) in [5, 5.41) is -0.0741. The van der Waals surface area contributed by atoms with E-state index in [1.807, 2.05) is 0 Å². The van der Waals surface area contributed by atoms with E-state index in [9.17, 15) is 21.6 Å². The van der Waals surface area contributed by atoms with Crippen LogP contribution in [0.2, 0.25) is 0 Å². The number of hydrogen-bond donors (Lipinski definition) is 1. The van der Waals surface area contributed by atoms with Gasteiger partial charge in [0.2, 0.25) is 5.09 Å². The van der Waals surface area contributed by atoms with Gasteiger partial charge in [0.25, 0.3) is 10.0 Å². The van der Waals surface area contributed by atoms with E-state index in [-0.39, 0.29) is 11.1 Å². The predicted octanol–water partition coefficient (Wildman–Crippen LogP) is 3.35. The zero-order valence-electron chi connectivity index (χ0n) is 12.4. The van der Waals surface area contributed by atoms with Crippen LogP contribution in [-0.2, 0) is 17.1 Å². The molecule has 0 saturated carbocycles. The lowest BCUT2D eigenvalue weighted by molar-refractivity contribution is -0.153. The molecule has 0 saturated heterocycles. The summed E-state index contributed by atoms with van der Waals surface area (Å²) in [5.74, 6) is 0. The second-order valence-corrected chi connectivity index (χ2v) is 6.95. The summed E-state index contributed by atoms with van der Waals surface area (Å²) in [7, 11) is -2.94. The zero-order valence-corrected chi connectivity index (χ0v) is 13.2. The van der Waals surface area contributed by atoms with Gasteiger partial charge in [-0.05, 0) is 17.7 Å². The van der Waals surface area contributed by atoms with Crippen molar-refractivity contribution in [2.45, 2.75) is 17.3 Å². The molecule has 2 heterocycles. The standard InChI is InChI=1S/C15H13F3N2O3S/c1-20-7-6-11(9-20)14(15(16,17)18)19-24(21,22)13-8-10-4-2-3-5-12(10)23-13/h2-9,14,19H,1H3/t14-/m1/s1. The first-order valence-electron chi connectivity index (χ1n) is 6.86. The number of aromatic nitrogens is 1. The molecule has 5 nitrogen and oxygen atoms in total. The fourth-order valence-electron chi connectivity index (χ4n) is 2.32. The minimum absolute atomic E-state index is 0.204. The smallest absolute Gasteiger partial charge is 0.408 e. The molecule has 0 amide bonds. The van der Waals surface area contributed by atoms with Gasteiger partial charge in [-0.1, -0.05) is 18.2 Å². The third kappa shape index (κ3) is 3.17. The van der Waals surface area contributed by atoms with E-state index in [0.29, 0.717) is 5.39 Å². The molecule has 0 aliphatic heterocycles. The van der Waals surface area contributed by atoms with Crippen LogP contribution >= 0.6 is 0 Å². The van der Waals surface area contributed by atoms with E-state index >= 15 is 0 Å². The van der Waals surface area contributed by atoms with Crippen LogP contribution < -0.4 is 4.72 Å². The molecule has 9 heteroatoms. The Morgan fingerprint density at radius 1 is 1.21 bits per heavy atom. The van der Waals surface area contributed by atoms with Crippen LogP contribution in [0.3, 0.4) is 0 Å². The summed E-state index contributed by atoms with van der Waals surface area (Å²) < 4.78 is 72.8. The van der Waals surface area contributed by atoms with Gasteiger partial charge in [-0.15, -0.1) is 0 Å². The number of hydrogen-bond acceptors (Lipinski definition) is 3. The predicted molar refractivity (Wildman–Crippen MR) is 80.7 cm³/mol. The Morgan fingerprint density at radius 3 is 2.50 bits per heavy atom. The van der Waals surface area contributed by atoms with Crippen molar-refractivity contribution in [1.29, 1.82) is 0 Å². The van der Waals surface area contributed by atoms with Crippen LogP contribution in [0.25, 0.3) is 11.0 Å². The normalized spacial score (nSPS) is 14.2. The van der Waals surface area contributed by atoms with E-state index in [2.05, 4.69) is 0 Å². The number of aryl methyl sites for hydroxylation is 1. The van der Waals surface area contributed by atoms with Gasteiger partial charge in [0, 0.05) is 30.9 Å². The summed E-state index contributed by atoms with van der Waals surface area (Å²) in [6, 6.07) is 6.48. The molecule has 24 heavy (non-hydrogen) atoms. The van der Waals surface area contributed by atoms with Crippen LogP contribution in [0.1, 0.15) is 11.6 Å². The summed E-state index contributed by atoms with van der Waals surface area (Å²) in [4.78, 5) is 0. The second kappa shape index (κ2) is 5.67. The molecule has 0 aliphatic rings. The maximum Gasteiger partial charge on any atom is 0.408 e. The van der Waals surface area contributed by atoms with Crippen LogP contribution in [0.4, 0.5) is 13.2 Å². The number of furan rings is 1. The Labute approximate surface area is 135 Å². The Bertz CT molecular complexity index is 940. The molecule has 3 rings (SSSR count). The van der Waals surface area contributed by atoms with Crippen LogP contribution in [0, 0.1) is 0 Å². The molecule has 0 spiro atoms. The number of nitrogens with zero attached hydrogens (tertiary/aromatic N) is 1. The number of para-hydroxylation sites is 1. The monoisotopic (exact) mass is 358 g/mol. The lowest BCUT2D eigenvalue weighted by Gasteiger charge is -2.20. The Balaban J connectivity index is 1.99. The number of alkyl halides is 3. The topological polar surface area (TPSA) is 64.2 Å². The average molecular weight is 358 g/mol. The van der Waals surface area contributed by atoms with E-state index in [0.717, 1.165) is 0 Å². The summed E-state index contributed by atoms with van der Waals surface area (Å²) in [5.41, 5.74) is 0.0748. The van der Waals surface area contributed by atoms with Gasteiger partial charge < -0.3 is 8.98 Å². The molecule has 1 atom stereocenters. The van der Waals surface area contributed by atoms with E-state index in [1.54, 1.807) is 30.0 Å². The molecule has 1 aromatic carbocycles. The first-order chi connectivity index (χ1) is 11.2. The van der Waals surface area contributed by atoms with Crippen molar-refractivity contribution in [1.82, 2.24) is 9.29 Å². The summed E-state index contributed by atoms with van der Waals surface area (Å²) in [6.07, 6.45) is -2.18. The van der Waals surface area contributed by atoms with Crippen LogP contribution in [0.5, 0.6) is 0 Å². The molecule has 3 aromatic rings. The number of sulfonamides is 1. The van der Waals surface area contributed by atoms with E-state index in [1.165, 1.54) is 35.2 Å². The molecule has 2 aromatic heterocycles. The SMILES string of the molecule is Cn1ccc([C@@H](NS(=O)(=O)c2cc3ccccc3o2)C(F)(F)F)c1. The highest BCUT2D eigenvalue weighted by molar-refractivity contribution is 7.89. The highest BCUT2D eigenvalue weighted by Crippen LogP contribution is 2.34. The third-order valence-electron chi connectivity index (χ3n) is 3.46. The van der Waals surface area contributed by atoms with Gasteiger partial charge in [0.05, 0.1) is 0 Å². The van der Waals surface area contributed by atoms with Gasteiger partial charge in [-0.2, -0.15) is 17.9 Å². The minimum Gasteiger partial charge on any atom is -0.443 e. The Hall–Kier alpha value is -2.26. The molecule has 0 aliphatic carbocycles. The molecule has 0 unspecified atom stereocenters. The molecular formula is C15H13F3N2O3S. The lowest BCUT2D eigenvalue weighted by Crippen LogP contribution is -2.37. The highest BCUT2D eigenvalue weighted by Gasteiger charge is 2.44. The van der Waals surface area contributed by atoms with Gasteiger partial charge in [-0.3, -0.25) is 0 Å². The van der Waals surface area contributed by atoms with Gasteiger partial charge in [0.15, 0.2) is 0 Å². The zero-order chi connectivity index (χ0) is 17.5. The van der Waals surface area contributed by atoms with Crippen molar-refractivity contribution in [2.24, 2.45) is 7.05 Å². The van der Waals surface area contributed by atoms with Crippen molar-refractivity contribution in [3.05, 3.63) is 54.4 Å². The van der Waals surface area contributed by atoms with E-state index in [4.69, 9.17) is 4.42 Å². The molecule has 0 bridgehead atoms. The van der Waals surface area contributed by atoms with Crippen molar-refractivity contribution >= 4 is 21.0 Å². The molecule has 128 valence electrons. The van der Waals surface area contributed by atoms with Gasteiger partial charge in [-0.25, -0.2) is 8.42 Å². The largest absolute Gasteiger partial charge is 0.443 e. The fourth-order valence-corrected chi connectivity index (χ4v) is 3.50. The van der Waals surface area contributed by atoms with Crippen LogP contribution in [-0.4, -0.2) is 19.2 Å². The molecule has 0 radical (unpaired) electrons. The number of rotatable bonds is 4. The number of nitrogens with one attached hydrogen (secondary N) is 1. The van der Waals surface area contributed by atoms with Crippen molar-refractivity contribution in [2.75, 3.05) is 0 Å². The first-order valence-corrected chi connectivity index (χ1v) is 8.34. The first kappa shape index (κ1) is 16.6. The minimum atomic E-state index is -4.79. The quantitative estimate of drug-likeness (QED) is 0.778. The summed E-state index contributed by atoms with van der Waals surface area (Å²) in [6.45, 7) is 0. The van der Waals surface area contributed by atoms with Crippen molar-refractivity contribution < 1.29 is 26.0 Å². The Morgan fingerprint density at radius 2 is 1.92 bits per heavy atom. The van der Waals surface area contributed by atoms with Gasteiger partial charge in [0.1, 0.15) is 11.6 Å². The maximum atomic E-state index is 13.3. The summed E-state index contributed by atoms with van der Waals surface area (Å²) >= 11 is 0. The highest BCUT2D eigenvalue weighted by atomic mass is 32.2. The maximum absolute atomic E-state index is 13.3.